The van der Waals surface area contributed by atoms with Gasteiger partial charge in [0.1, 0.15) is 0 Å². The first kappa shape index (κ1) is 15.5. The number of carbonyl (C=O) groups is 2. The van der Waals surface area contributed by atoms with E-state index < -0.39 is 23.9 Å². The molecule has 0 saturated carbocycles. The molecule has 0 radical (unpaired) electrons. The van der Waals surface area contributed by atoms with Gasteiger partial charge in [0.15, 0.2) is 0 Å². The third-order valence-electron chi connectivity index (χ3n) is 1.56. The van der Waals surface area contributed by atoms with Gasteiger partial charge in [0, 0.05) is 12.8 Å². The summed E-state index contributed by atoms with van der Waals surface area (Å²) in [4.78, 5) is 30.7. The van der Waals surface area contributed by atoms with E-state index in [9.17, 15) is 9.59 Å². The first-order valence-corrected chi connectivity index (χ1v) is 5.01. The lowest BCUT2D eigenvalue weighted by Gasteiger charge is -2.05. The average Bonchev–Trinajstić information content (AvgIpc) is 2.29. The normalized spacial score (nSPS) is 9.11. The monoisotopic (exact) mass is 260 g/mol. The molecule has 0 aliphatic rings. The van der Waals surface area contributed by atoms with Crippen molar-refractivity contribution >= 4 is 23.9 Å². The van der Waals surface area contributed by atoms with E-state index >= 15 is 0 Å². The van der Waals surface area contributed by atoms with Gasteiger partial charge in [0.05, 0.1) is 0 Å². The third kappa shape index (κ3) is 10.0. The topological polar surface area (TPSA) is 176 Å². The Bertz CT molecular complexity index is 300. The molecule has 0 saturated heterocycles. The largest absolute Gasteiger partial charge is 0.368 e. The second-order valence-electron chi connectivity index (χ2n) is 3.19. The van der Waals surface area contributed by atoms with Crippen LogP contribution in [0.15, 0.2) is 0 Å². The summed E-state index contributed by atoms with van der Waals surface area (Å²) in [6.45, 7) is 0. The van der Waals surface area contributed by atoms with Crippen molar-refractivity contribution in [2.24, 2.45) is 11.5 Å². The fourth-order valence-corrected chi connectivity index (χ4v) is 0.865. The fraction of sp³-hybridized carbons (Fsp3) is 0.500. The molecule has 0 aromatic carbocycles. The predicted octanol–water partition coefficient (Wildman–Crippen LogP) is -1.57. The minimum absolute atomic E-state index is 0.0771. The second-order valence-corrected chi connectivity index (χ2v) is 3.19. The Morgan fingerprint density at radius 3 is 1.50 bits per heavy atom. The van der Waals surface area contributed by atoms with Crippen LogP contribution in [0.25, 0.3) is 0 Å². The molecule has 0 unspecified atom stereocenters. The minimum atomic E-state index is -0.583. The van der Waals surface area contributed by atoms with Gasteiger partial charge in [0.2, 0.25) is 11.9 Å². The molecular weight excluding hydrogens is 244 g/mol. The molecular formula is C8H16N6O4. The number of unbranched alkanes of at least 4 members (excludes halogenated alkanes) is 1. The van der Waals surface area contributed by atoms with Gasteiger partial charge in [-0.1, -0.05) is 0 Å². The molecule has 0 fully saturated rings. The van der Waals surface area contributed by atoms with Gasteiger partial charge in [0.25, 0.3) is 0 Å². The lowest BCUT2D eigenvalue weighted by atomic mass is 10.2. The summed E-state index contributed by atoms with van der Waals surface area (Å²) in [7, 11) is 0. The van der Waals surface area contributed by atoms with Crippen LogP contribution in [-0.4, -0.2) is 23.9 Å². The van der Waals surface area contributed by atoms with E-state index in [1.165, 1.54) is 0 Å². The van der Waals surface area contributed by atoms with Crippen molar-refractivity contribution in [3.8, 4) is 0 Å². The van der Waals surface area contributed by atoms with Crippen molar-refractivity contribution in [3.05, 3.63) is 0 Å². The second kappa shape index (κ2) is 8.61. The predicted molar refractivity (Wildman–Crippen MR) is 60.8 cm³/mol. The van der Waals surface area contributed by atoms with Crippen LogP contribution >= 0.6 is 0 Å². The molecule has 0 atom stereocenters. The van der Waals surface area contributed by atoms with Crippen LogP contribution in [0.4, 0.5) is 0 Å². The van der Waals surface area contributed by atoms with E-state index in [-0.39, 0.29) is 12.8 Å². The third-order valence-corrected chi connectivity index (χ3v) is 1.56. The lowest BCUT2D eigenvalue weighted by molar-refractivity contribution is -0.150. The van der Waals surface area contributed by atoms with Crippen LogP contribution in [0.5, 0.6) is 0 Å². The Balaban J connectivity index is 3.49. The Labute approximate surface area is 103 Å². The maximum atomic E-state index is 11.0. The highest BCUT2D eigenvalue weighted by atomic mass is 16.7. The summed E-state index contributed by atoms with van der Waals surface area (Å²) in [6, 6.07) is 0. The van der Waals surface area contributed by atoms with Crippen molar-refractivity contribution in [1.82, 2.24) is 11.0 Å². The van der Waals surface area contributed by atoms with Gasteiger partial charge in [-0.3, -0.25) is 10.8 Å². The smallest absolute Gasteiger partial charge is 0.332 e. The highest BCUT2D eigenvalue weighted by molar-refractivity contribution is 5.77. The zero-order valence-electron chi connectivity index (χ0n) is 9.62. The number of hydroxylamine groups is 2. The summed E-state index contributed by atoms with van der Waals surface area (Å²) >= 11 is 0. The average molecular weight is 260 g/mol. The number of guanidine groups is 2. The molecule has 0 aromatic rings. The van der Waals surface area contributed by atoms with Gasteiger partial charge < -0.3 is 21.1 Å². The number of carbonyl (C=O) groups excluding carboxylic acids is 2. The first-order valence-electron chi connectivity index (χ1n) is 5.01. The summed E-state index contributed by atoms with van der Waals surface area (Å²) in [6.07, 6.45) is 0.975. The number of hydrogen-bond donors (Lipinski definition) is 6. The van der Waals surface area contributed by atoms with E-state index in [0.29, 0.717) is 12.8 Å². The van der Waals surface area contributed by atoms with Gasteiger partial charge in [-0.15, -0.1) is 0 Å². The Morgan fingerprint density at radius 2 is 1.22 bits per heavy atom. The summed E-state index contributed by atoms with van der Waals surface area (Å²) < 4.78 is 0. The summed E-state index contributed by atoms with van der Waals surface area (Å²) in [5, 5.41) is 13.5. The summed E-state index contributed by atoms with van der Waals surface area (Å²) in [5.74, 6) is -2.11. The zero-order valence-corrected chi connectivity index (χ0v) is 9.62. The Morgan fingerprint density at radius 1 is 0.889 bits per heavy atom. The number of rotatable bonds is 5. The molecule has 0 spiro atoms. The van der Waals surface area contributed by atoms with Crippen LogP contribution in [0.1, 0.15) is 25.7 Å². The molecule has 0 heterocycles. The van der Waals surface area contributed by atoms with Crippen molar-refractivity contribution in [2.75, 3.05) is 0 Å². The van der Waals surface area contributed by atoms with E-state index in [2.05, 4.69) is 9.68 Å². The van der Waals surface area contributed by atoms with Gasteiger partial charge >= 0.3 is 11.9 Å². The SMILES string of the molecule is N=C(N)NOC(=O)CCCCC(=O)ONC(=N)N. The molecule has 18 heavy (non-hydrogen) atoms. The molecule has 10 nitrogen and oxygen atoms in total. The van der Waals surface area contributed by atoms with Crippen LogP contribution in [0, 0.1) is 10.8 Å². The number of nitrogens with two attached hydrogens (primary N) is 2. The molecule has 0 bridgehead atoms. The van der Waals surface area contributed by atoms with E-state index in [1.807, 2.05) is 11.0 Å². The highest BCUT2D eigenvalue weighted by Gasteiger charge is 2.06. The van der Waals surface area contributed by atoms with Crippen molar-refractivity contribution in [2.45, 2.75) is 25.7 Å². The molecule has 10 heteroatoms. The quantitative estimate of drug-likeness (QED) is 0.148. The standard InChI is InChI=1S/C8H16N6O4/c9-7(10)13-17-5(15)3-1-2-4-6(16)18-14-8(11)12/h1-4H2,(H4,9,10,13)(H4,11,12,14). The molecule has 0 aromatic heterocycles. The molecule has 0 aliphatic heterocycles. The van der Waals surface area contributed by atoms with Crippen LogP contribution in [0.3, 0.4) is 0 Å². The lowest BCUT2D eigenvalue weighted by Crippen LogP contribution is -2.32. The van der Waals surface area contributed by atoms with Crippen molar-refractivity contribution in [3.63, 3.8) is 0 Å². The van der Waals surface area contributed by atoms with Crippen molar-refractivity contribution < 1.29 is 19.3 Å². The fourth-order valence-electron chi connectivity index (χ4n) is 0.865. The van der Waals surface area contributed by atoms with E-state index in [0.717, 1.165) is 0 Å². The molecule has 102 valence electrons. The van der Waals surface area contributed by atoms with Gasteiger partial charge in [-0.25, -0.2) is 9.59 Å². The maximum Gasteiger partial charge on any atom is 0.332 e. The van der Waals surface area contributed by atoms with Crippen LogP contribution in [-0.2, 0) is 19.3 Å². The molecule has 8 N–H and O–H groups in total. The minimum Gasteiger partial charge on any atom is -0.368 e. The highest BCUT2D eigenvalue weighted by Crippen LogP contribution is 2.01. The van der Waals surface area contributed by atoms with Gasteiger partial charge in [-0.05, 0) is 12.8 Å². The number of hydrogen-bond acceptors (Lipinski definition) is 6. The van der Waals surface area contributed by atoms with E-state index in [1.54, 1.807) is 0 Å². The van der Waals surface area contributed by atoms with Gasteiger partial charge in [-0.2, -0.15) is 11.0 Å². The number of nitrogens with one attached hydrogen (secondary N) is 4. The summed E-state index contributed by atoms with van der Waals surface area (Å²) in [5.41, 5.74) is 13.6. The van der Waals surface area contributed by atoms with E-state index in [4.69, 9.17) is 22.3 Å². The zero-order chi connectivity index (χ0) is 14.0. The molecule has 0 rings (SSSR count). The van der Waals surface area contributed by atoms with Crippen LogP contribution < -0.4 is 22.4 Å². The maximum absolute atomic E-state index is 11.0. The molecule has 0 aliphatic carbocycles. The Kier molecular flexibility index (Phi) is 7.41. The first-order chi connectivity index (χ1) is 8.41. The Hall–Kier alpha value is -2.52. The van der Waals surface area contributed by atoms with Crippen molar-refractivity contribution in [1.29, 1.82) is 10.8 Å². The molecule has 0 amide bonds. The van der Waals surface area contributed by atoms with Crippen LogP contribution in [0.2, 0.25) is 0 Å².